The normalized spacial score (nSPS) is 10.6. The van der Waals surface area contributed by atoms with Crippen LogP contribution in [-0.2, 0) is 8.46 Å². The van der Waals surface area contributed by atoms with Crippen molar-refractivity contribution in [1.82, 2.24) is 0 Å². The van der Waals surface area contributed by atoms with Crippen LogP contribution in [0.15, 0.2) is 48.5 Å². The van der Waals surface area contributed by atoms with Crippen LogP contribution in [0.2, 0.25) is 45.7 Å². The van der Waals surface area contributed by atoms with Crippen LogP contribution in [0.3, 0.4) is 0 Å². The van der Waals surface area contributed by atoms with Crippen LogP contribution in [0.1, 0.15) is 0 Å². The molecule has 4 radical (unpaired) electrons. The van der Waals surface area contributed by atoms with Crippen LogP contribution in [0.25, 0.3) is 0 Å². The van der Waals surface area contributed by atoms with Gasteiger partial charge >= 0.3 is 219 Å². The summed E-state index contributed by atoms with van der Waals surface area (Å²) in [6, 6.07) is 18.2. The molecule has 0 aliphatic carbocycles. The Labute approximate surface area is 215 Å². The molecule has 2 rings (SSSR count). The molecule has 0 saturated carbocycles. The monoisotopic (exact) mass is 886 g/mol. The molecule has 0 aliphatic heterocycles. The molecule has 0 heterocycles. The third-order valence-electron chi connectivity index (χ3n) is 4.01. The van der Waals surface area contributed by atoms with Crippen molar-refractivity contribution in [2.24, 2.45) is 0 Å². The first-order valence-electron chi connectivity index (χ1n) is 8.92. The number of hydrogen-bond donors (Lipinski definition) is 0. The maximum absolute atomic E-state index is 2.44. The quantitative estimate of drug-likeness (QED) is 0.323. The Hall–Kier alpha value is 2.65. The molecular weight excluding hydrogens is 850 g/mol. The van der Waals surface area contributed by atoms with Crippen molar-refractivity contribution < 1.29 is 8.46 Å². The fraction of sp³-hybridized carbons (Fsp3) is 0.400. The van der Waals surface area contributed by atoms with E-state index in [1.54, 1.807) is 17.4 Å². The van der Waals surface area contributed by atoms with Crippen molar-refractivity contribution in [3.05, 3.63) is 48.5 Å². The van der Waals surface area contributed by atoms with E-state index in [-0.39, 0.29) is 0 Å². The summed E-state index contributed by atoms with van der Waals surface area (Å²) in [6.07, 6.45) is 0. The molecule has 0 fully saturated rings. The third-order valence-corrected chi connectivity index (χ3v) is 18.9. The van der Waals surface area contributed by atoms with Gasteiger partial charge in [-0.25, -0.2) is 0 Å². The van der Waals surface area contributed by atoms with Crippen LogP contribution in [-0.4, -0.2) is 58.6 Å². The average molecular weight is 886 g/mol. The zero-order valence-electron chi connectivity index (χ0n) is 17.7. The van der Waals surface area contributed by atoms with E-state index in [2.05, 4.69) is 135 Å². The summed E-state index contributed by atoms with van der Waals surface area (Å²) in [5.74, 6) is 0. The molecule has 0 nitrogen and oxygen atoms in total. The van der Waals surface area contributed by atoms with Crippen LogP contribution in [0.4, 0.5) is 0 Å². The second-order valence-corrected chi connectivity index (χ2v) is 37.8. The minimum absolute atomic E-state index is 0.836. The summed E-state index contributed by atoms with van der Waals surface area (Å²) in [7, 11) is 1.19. The Morgan fingerprint density at radius 2 is 0.630 bits per heavy atom. The van der Waals surface area contributed by atoms with Crippen molar-refractivity contribution >= 4 is 117 Å². The van der Waals surface area contributed by atoms with Crippen LogP contribution < -0.4 is 17.4 Å². The van der Waals surface area contributed by atoms with Crippen LogP contribution >= 0.6 is 40.7 Å². The number of benzene rings is 2. The van der Waals surface area contributed by atoms with Gasteiger partial charge in [-0.05, 0) is 0 Å². The van der Waals surface area contributed by atoms with Gasteiger partial charge in [0.1, 0.15) is 0 Å². The zero-order chi connectivity index (χ0) is 21.0. The van der Waals surface area contributed by atoms with Gasteiger partial charge in [-0.1, -0.05) is 0 Å². The van der Waals surface area contributed by atoms with Crippen molar-refractivity contribution in [1.29, 1.82) is 0 Å². The molecule has 0 bridgehead atoms. The summed E-state index contributed by atoms with van der Waals surface area (Å²) in [5.41, 5.74) is 19.6. The molecule has 0 aliphatic rings. The summed E-state index contributed by atoms with van der Waals surface area (Å²) in [6.45, 7) is 0. The van der Waals surface area contributed by atoms with Crippen molar-refractivity contribution in [2.75, 3.05) is 0 Å². The van der Waals surface area contributed by atoms with E-state index in [1.807, 2.05) is 0 Å². The Balaban J connectivity index is 0.000000438. The van der Waals surface area contributed by atoms with E-state index in [9.17, 15) is 0 Å². The molecule has 0 unspecified atom stereocenters. The van der Waals surface area contributed by atoms with Gasteiger partial charge in [0, 0.05) is 0 Å². The molecule has 0 N–H and O–H groups in total. The van der Waals surface area contributed by atoms with E-state index in [0.717, 1.165) is 0 Å². The molecule has 157 valence electrons. The topological polar surface area (TPSA) is 0 Å². The standard InChI is InChI=1S/2C10H18As2.Fe.2HI/c2*1-11(2)9-7-5-6-8-10(9)12(3)4;;;/h2*5-8,11-12H,1-4H3;;2*1H/q;;+3;;/p-2. The van der Waals surface area contributed by atoms with Gasteiger partial charge < -0.3 is 0 Å². The maximum atomic E-state index is 2.44. The summed E-state index contributed by atoms with van der Waals surface area (Å²) >= 11 is 1.21. The summed E-state index contributed by atoms with van der Waals surface area (Å²) in [4.78, 5) is 0. The minimum atomic E-state index is -0.836. The van der Waals surface area contributed by atoms with Crippen molar-refractivity contribution in [3.8, 4) is 0 Å². The van der Waals surface area contributed by atoms with Gasteiger partial charge in [-0.3, -0.25) is 0 Å². The fourth-order valence-corrected chi connectivity index (χ4v) is 22.4. The van der Waals surface area contributed by atoms with Gasteiger partial charge in [-0.2, -0.15) is 0 Å². The third kappa shape index (κ3) is 12.3. The van der Waals surface area contributed by atoms with Gasteiger partial charge in [0.15, 0.2) is 0 Å². The number of halogens is 2. The second-order valence-electron chi connectivity index (χ2n) is 7.14. The van der Waals surface area contributed by atoms with Gasteiger partial charge in [0.05, 0.1) is 0 Å². The Kier molecular flexibility index (Phi) is 18.9. The predicted molar refractivity (Wildman–Crippen MR) is 155 cm³/mol. The predicted octanol–water partition coefficient (Wildman–Crippen LogP) is 3.92. The van der Waals surface area contributed by atoms with Gasteiger partial charge in [-0.15, -0.1) is 0 Å². The van der Waals surface area contributed by atoms with Gasteiger partial charge in [0.2, 0.25) is 0 Å². The molecular formula is C20H36As4FeI2+. The molecule has 0 saturated heterocycles. The van der Waals surface area contributed by atoms with Crippen LogP contribution in [0.5, 0.6) is 0 Å². The van der Waals surface area contributed by atoms with E-state index in [4.69, 9.17) is 0 Å². The summed E-state index contributed by atoms with van der Waals surface area (Å²) in [5, 5.41) is 0. The van der Waals surface area contributed by atoms with E-state index < -0.39 is 58.6 Å². The summed E-state index contributed by atoms with van der Waals surface area (Å²) < 4.78 is 6.94. The number of rotatable bonds is 4. The zero-order valence-corrected chi connectivity index (χ0v) is 31.5. The molecule has 0 amide bonds. The van der Waals surface area contributed by atoms with Gasteiger partial charge in [0.25, 0.3) is 0 Å². The second kappa shape index (κ2) is 17.2. The molecule has 0 aromatic heterocycles. The molecule has 0 atom stereocenters. The molecule has 27 heavy (non-hydrogen) atoms. The van der Waals surface area contributed by atoms with E-state index in [1.165, 1.54) is 8.46 Å². The Bertz CT molecular complexity index is 540. The Morgan fingerprint density at radius 1 is 0.481 bits per heavy atom. The molecule has 0 spiro atoms. The molecule has 7 heteroatoms. The first-order chi connectivity index (χ1) is 12.7. The molecule has 2 aromatic rings. The average Bonchev–Trinajstić information content (AvgIpc) is 2.62. The SMILES string of the molecule is C[AsH](C)c1ccccc1[AsH](C)C.C[AsH](C)c1ccccc1[AsH](C)C.[I][Fe+][I]. The van der Waals surface area contributed by atoms with Crippen molar-refractivity contribution in [2.45, 2.75) is 45.7 Å². The van der Waals surface area contributed by atoms with Crippen LogP contribution in [0, 0.1) is 0 Å². The van der Waals surface area contributed by atoms with E-state index >= 15 is 0 Å². The molecule has 2 aromatic carbocycles. The number of hydrogen-bond acceptors (Lipinski definition) is 0. The first kappa shape index (κ1) is 29.7. The van der Waals surface area contributed by atoms with Crippen molar-refractivity contribution in [3.63, 3.8) is 0 Å². The fourth-order valence-electron chi connectivity index (χ4n) is 2.71. The van der Waals surface area contributed by atoms with E-state index in [0.29, 0.717) is 0 Å². The Morgan fingerprint density at radius 3 is 0.741 bits per heavy atom. The first-order valence-corrected chi connectivity index (χ1v) is 37.0.